The Balaban J connectivity index is 2.58. The summed E-state index contributed by atoms with van der Waals surface area (Å²) >= 11 is 0. The van der Waals surface area contributed by atoms with E-state index in [0.29, 0.717) is 6.54 Å². The van der Waals surface area contributed by atoms with E-state index in [2.05, 4.69) is 4.90 Å². The van der Waals surface area contributed by atoms with Crippen LogP contribution in [0.1, 0.15) is 19.8 Å². The summed E-state index contributed by atoms with van der Waals surface area (Å²) in [7, 11) is -3.31. The van der Waals surface area contributed by atoms with Gasteiger partial charge in [-0.25, -0.2) is 13.6 Å². The van der Waals surface area contributed by atoms with Crippen LogP contribution in [0.25, 0.3) is 0 Å². The van der Waals surface area contributed by atoms with Crippen molar-refractivity contribution in [1.82, 2.24) is 4.90 Å². The standard InChI is InChI=1S/C7H16N2O2S/c1-2-9-5-3-4-7(6-9)12(8,10)11/h7H,2-6H2,1H3,(H2,8,10,11)/t7-/m1/s1. The van der Waals surface area contributed by atoms with Gasteiger partial charge in [0.1, 0.15) is 0 Å². The Labute approximate surface area is 73.8 Å². The summed E-state index contributed by atoms with van der Waals surface area (Å²) in [6, 6.07) is 0. The molecule has 0 aromatic heterocycles. The number of piperidine rings is 1. The number of rotatable bonds is 2. The number of nitrogens with two attached hydrogens (primary N) is 1. The molecule has 5 heteroatoms. The second kappa shape index (κ2) is 3.72. The minimum absolute atomic E-state index is 0.341. The Morgan fingerprint density at radius 1 is 1.58 bits per heavy atom. The molecule has 1 rings (SSSR count). The van der Waals surface area contributed by atoms with Gasteiger partial charge in [0.05, 0.1) is 5.25 Å². The van der Waals surface area contributed by atoms with Crippen molar-refractivity contribution < 1.29 is 8.42 Å². The van der Waals surface area contributed by atoms with Gasteiger partial charge in [-0.3, -0.25) is 0 Å². The summed E-state index contributed by atoms with van der Waals surface area (Å²) < 4.78 is 22.0. The average molecular weight is 192 g/mol. The Morgan fingerprint density at radius 2 is 2.25 bits per heavy atom. The van der Waals surface area contributed by atoms with E-state index in [1.54, 1.807) is 0 Å². The lowest BCUT2D eigenvalue weighted by Gasteiger charge is -2.30. The quantitative estimate of drug-likeness (QED) is 0.656. The van der Waals surface area contributed by atoms with Crippen molar-refractivity contribution in [3.63, 3.8) is 0 Å². The molecule has 12 heavy (non-hydrogen) atoms. The third kappa shape index (κ3) is 2.43. The number of hydrogen-bond donors (Lipinski definition) is 1. The molecular formula is C7H16N2O2S. The third-order valence-electron chi connectivity index (χ3n) is 2.37. The molecule has 2 N–H and O–H groups in total. The SMILES string of the molecule is CCN1CCC[C@@H](S(N)(=O)=O)C1. The van der Waals surface area contributed by atoms with Crippen molar-refractivity contribution in [2.45, 2.75) is 25.0 Å². The van der Waals surface area contributed by atoms with Crippen LogP contribution in [0.2, 0.25) is 0 Å². The van der Waals surface area contributed by atoms with Crippen LogP contribution in [0, 0.1) is 0 Å². The predicted octanol–water partition coefficient (Wildman–Crippen LogP) is -0.241. The number of nitrogens with zero attached hydrogens (tertiary/aromatic N) is 1. The molecule has 0 aromatic carbocycles. The fraction of sp³-hybridized carbons (Fsp3) is 1.00. The maximum atomic E-state index is 11.0. The molecule has 0 aliphatic carbocycles. The lowest BCUT2D eigenvalue weighted by Crippen LogP contribution is -2.44. The van der Waals surface area contributed by atoms with Gasteiger partial charge in [-0.15, -0.1) is 0 Å². The van der Waals surface area contributed by atoms with Crippen LogP contribution in [-0.2, 0) is 10.0 Å². The van der Waals surface area contributed by atoms with Gasteiger partial charge in [-0.05, 0) is 25.9 Å². The number of sulfonamides is 1. The van der Waals surface area contributed by atoms with Crippen molar-refractivity contribution in [3.05, 3.63) is 0 Å². The largest absolute Gasteiger partial charge is 0.302 e. The van der Waals surface area contributed by atoms with E-state index in [-0.39, 0.29) is 5.25 Å². The molecule has 1 aliphatic rings. The molecule has 0 bridgehead atoms. The lowest BCUT2D eigenvalue weighted by molar-refractivity contribution is 0.241. The molecule has 0 aromatic rings. The topological polar surface area (TPSA) is 63.4 Å². The summed E-state index contributed by atoms with van der Waals surface area (Å²) in [5.41, 5.74) is 0. The summed E-state index contributed by atoms with van der Waals surface area (Å²) in [6.07, 6.45) is 1.66. The normalized spacial score (nSPS) is 27.3. The molecule has 1 aliphatic heterocycles. The summed E-state index contributed by atoms with van der Waals surface area (Å²) in [5, 5.41) is 4.73. The van der Waals surface area contributed by atoms with Gasteiger partial charge in [-0.1, -0.05) is 6.92 Å². The first-order valence-electron chi connectivity index (χ1n) is 4.28. The molecule has 1 atom stereocenters. The molecule has 0 spiro atoms. The maximum absolute atomic E-state index is 11.0. The minimum atomic E-state index is -3.31. The molecule has 72 valence electrons. The van der Waals surface area contributed by atoms with Crippen LogP contribution in [0.3, 0.4) is 0 Å². The smallest absolute Gasteiger partial charge is 0.213 e. The molecule has 1 fully saturated rings. The van der Waals surface area contributed by atoms with Crippen LogP contribution in [-0.4, -0.2) is 38.2 Å². The molecule has 0 amide bonds. The van der Waals surface area contributed by atoms with E-state index in [0.717, 1.165) is 25.9 Å². The van der Waals surface area contributed by atoms with Crippen molar-refractivity contribution >= 4 is 10.0 Å². The molecule has 0 radical (unpaired) electrons. The fourth-order valence-corrected chi connectivity index (χ4v) is 2.48. The van der Waals surface area contributed by atoms with E-state index < -0.39 is 10.0 Å². The van der Waals surface area contributed by atoms with Gasteiger partial charge < -0.3 is 4.90 Å². The van der Waals surface area contributed by atoms with Crippen LogP contribution in [0.5, 0.6) is 0 Å². The summed E-state index contributed by atoms with van der Waals surface area (Å²) in [5.74, 6) is 0. The first-order chi connectivity index (χ1) is 5.54. The second-order valence-corrected chi connectivity index (χ2v) is 5.09. The Kier molecular flexibility index (Phi) is 3.09. The lowest BCUT2D eigenvalue weighted by atomic mass is 10.1. The van der Waals surface area contributed by atoms with Gasteiger partial charge >= 0.3 is 0 Å². The van der Waals surface area contributed by atoms with E-state index in [4.69, 9.17) is 5.14 Å². The molecule has 1 saturated heterocycles. The van der Waals surface area contributed by atoms with E-state index >= 15 is 0 Å². The summed E-state index contributed by atoms with van der Waals surface area (Å²) in [6.45, 7) is 4.55. The van der Waals surface area contributed by atoms with Crippen LogP contribution >= 0.6 is 0 Å². The highest BCUT2D eigenvalue weighted by Gasteiger charge is 2.26. The zero-order valence-electron chi connectivity index (χ0n) is 7.36. The van der Waals surface area contributed by atoms with Crippen LogP contribution in [0.15, 0.2) is 0 Å². The van der Waals surface area contributed by atoms with Gasteiger partial charge in [-0.2, -0.15) is 0 Å². The van der Waals surface area contributed by atoms with Crippen LogP contribution < -0.4 is 5.14 Å². The number of likely N-dealkylation sites (tertiary alicyclic amines) is 1. The first-order valence-corrected chi connectivity index (χ1v) is 5.89. The molecule has 1 heterocycles. The predicted molar refractivity (Wildman–Crippen MR) is 48.2 cm³/mol. The highest BCUT2D eigenvalue weighted by atomic mass is 32.2. The molecule has 4 nitrogen and oxygen atoms in total. The van der Waals surface area contributed by atoms with E-state index in [9.17, 15) is 8.42 Å². The zero-order valence-corrected chi connectivity index (χ0v) is 8.18. The Hall–Kier alpha value is -0.130. The monoisotopic (exact) mass is 192 g/mol. The van der Waals surface area contributed by atoms with Gasteiger partial charge in [0.25, 0.3) is 0 Å². The van der Waals surface area contributed by atoms with Crippen molar-refractivity contribution in [2.24, 2.45) is 5.14 Å². The molecular weight excluding hydrogens is 176 g/mol. The zero-order chi connectivity index (χ0) is 9.19. The van der Waals surface area contributed by atoms with E-state index in [1.165, 1.54) is 0 Å². The Bertz CT molecular complexity index is 238. The average Bonchev–Trinajstić information content (AvgIpc) is 2.03. The summed E-state index contributed by atoms with van der Waals surface area (Å²) in [4.78, 5) is 2.12. The fourth-order valence-electron chi connectivity index (χ4n) is 1.57. The van der Waals surface area contributed by atoms with Crippen molar-refractivity contribution in [2.75, 3.05) is 19.6 Å². The minimum Gasteiger partial charge on any atom is -0.302 e. The van der Waals surface area contributed by atoms with Crippen molar-refractivity contribution in [1.29, 1.82) is 0 Å². The Morgan fingerprint density at radius 3 is 2.75 bits per heavy atom. The highest BCUT2D eigenvalue weighted by Crippen LogP contribution is 2.14. The van der Waals surface area contributed by atoms with Gasteiger partial charge in [0.2, 0.25) is 10.0 Å². The van der Waals surface area contributed by atoms with E-state index in [1.807, 2.05) is 6.92 Å². The number of primary sulfonamides is 1. The second-order valence-electron chi connectivity index (χ2n) is 3.25. The number of hydrogen-bond acceptors (Lipinski definition) is 3. The first kappa shape index (κ1) is 9.95. The third-order valence-corrected chi connectivity index (χ3v) is 3.69. The molecule has 0 saturated carbocycles. The highest BCUT2D eigenvalue weighted by molar-refractivity contribution is 7.89. The maximum Gasteiger partial charge on any atom is 0.213 e. The molecule has 0 unspecified atom stereocenters. The van der Waals surface area contributed by atoms with Gasteiger partial charge in [0, 0.05) is 6.54 Å². The van der Waals surface area contributed by atoms with Crippen LogP contribution in [0.4, 0.5) is 0 Å². The van der Waals surface area contributed by atoms with Gasteiger partial charge in [0.15, 0.2) is 0 Å². The van der Waals surface area contributed by atoms with Crippen molar-refractivity contribution in [3.8, 4) is 0 Å².